The van der Waals surface area contributed by atoms with Crippen molar-refractivity contribution < 1.29 is 23.0 Å². The Kier molecular flexibility index (Phi) is 4.86. The number of hydrogen-bond donors (Lipinski definition) is 0. The van der Waals surface area contributed by atoms with Crippen LogP contribution in [0.5, 0.6) is 5.75 Å². The molecule has 0 fully saturated rings. The Morgan fingerprint density at radius 1 is 1.47 bits per heavy atom. The summed E-state index contributed by atoms with van der Waals surface area (Å²) in [4.78, 5) is 11.4. The largest absolute Gasteiger partial charge is 0.465 e. The van der Waals surface area contributed by atoms with Crippen LogP contribution in [-0.4, -0.2) is 19.7 Å². The number of rotatable bonds is 4. The van der Waals surface area contributed by atoms with Crippen molar-refractivity contribution in [2.75, 3.05) is 7.11 Å². The van der Waals surface area contributed by atoms with Crippen LogP contribution in [0.4, 0.5) is 8.78 Å². The second kappa shape index (κ2) is 5.95. The van der Waals surface area contributed by atoms with Gasteiger partial charge in [-0.05, 0) is 18.6 Å². The average Bonchev–Trinajstić information content (AvgIpc) is 2.29. The number of hydrogen-bond acceptors (Lipinski definition) is 3. The lowest BCUT2D eigenvalue weighted by molar-refractivity contribution is -0.0504. The Bertz CT molecular complexity index is 421. The van der Waals surface area contributed by atoms with E-state index in [0.29, 0.717) is 16.5 Å². The molecule has 17 heavy (non-hydrogen) atoms. The molecule has 0 aliphatic rings. The first-order chi connectivity index (χ1) is 7.99. The number of benzene rings is 1. The molecule has 0 aromatic heterocycles. The Morgan fingerprint density at radius 3 is 2.59 bits per heavy atom. The molecular weight excluding hydrogens is 298 g/mol. The summed E-state index contributed by atoms with van der Waals surface area (Å²) in [6.45, 7) is -1.23. The highest BCUT2D eigenvalue weighted by molar-refractivity contribution is 9.08. The zero-order valence-corrected chi connectivity index (χ0v) is 10.9. The van der Waals surface area contributed by atoms with Gasteiger partial charge in [-0.25, -0.2) is 4.79 Å². The molecule has 0 N–H and O–H groups in total. The van der Waals surface area contributed by atoms with Crippen LogP contribution in [0.2, 0.25) is 0 Å². The van der Waals surface area contributed by atoms with Gasteiger partial charge in [-0.2, -0.15) is 8.78 Å². The van der Waals surface area contributed by atoms with E-state index in [0.717, 1.165) is 0 Å². The standard InChI is InChI=1S/C11H11BrF2O3/c1-6-3-7(5-12)9(17-11(13)14)4-8(6)10(15)16-2/h3-4,11H,5H2,1-2H3. The third-order valence-electron chi connectivity index (χ3n) is 2.17. The van der Waals surface area contributed by atoms with Crippen molar-refractivity contribution in [1.29, 1.82) is 0 Å². The van der Waals surface area contributed by atoms with E-state index in [1.165, 1.54) is 13.2 Å². The summed E-state index contributed by atoms with van der Waals surface area (Å²) >= 11 is 3.17. The molecule has 1 aromatic rings. The number of carbonyl (C=O) groups is 1. The van der Waals surface area contributed by atoms with Gasteiger partial charge in [0.25, 0.3) is 0 Å². The van der Waals surface area contributed by atoms with Crippen molar-refractivity contribution in [2.24, 2.45) is 0 Å². The van der Waals surface area contributed by atoms with Gasteiger partial charge in [-0.1, -0.05) is 22.0 Å². The first kappa shape index (κ1) is 13.9. The topological polar surface area (TPSA) is 35.5 Å². The normalized spacial score (nSPS) is 10.5. The number of methoxy groups -OCH3 is 1. The van der Waals surface area contributed by atoms with E-state index in [4.69, 9.17) is 0 Å². The van der Waals surface area contributed by atoms with Gasteiger partial charge >= 0.3 is 12.6 Å². The molecule has 0 unspecified atom stereocenters. The number of ether oxygens (including phenoxy) is 2. The summed E-state index contributed by atoms with van der Waals surface area (Å²) < 4.78 is 33.3. The molecule has 0 spiro atoms. The molecule has 94 valence electrons. The van der Waals surface area contributed by atoms with Crippen LogP contribution in [-0.2, 0) is 10.1 Å². The lowest BCUT2D eigenvalue weighted by Gasteiger charge is -2.12. The first-order valence-electron chi connectivity index (χ1n) is 4.72. The lowest BCUT2D eigenvalue weighted by atomic mass is 10.0. The summed E-state index contributed by atoms with van der Waals surface area (Å²) in [5, 5.41) is 0.358. The van der Waals surface area contributed by atoms with Gasteiger partial charge < -0.3 is 9.47 Å². The number of carbonyl (C=O) groups excluding carboxylic acids is 1. The van der Waals surface area contributed by atoms with Gasteiger partial charge in [0.15, 0.2) is 0 Å². The molecule has 0 bridgehead atoms. The quantitative estimate of drug-likeness (QED) is 0.632. The summed E-state index contributed by atoms with van der Waals surface area (Å²) in [7, 11) is 1.23. The summed E-state index contributed by atoms with van der Waals surface area (Å²) in [5.41, 5.74) is 1.41. The fraction of sp³-hybridized carbons (Fsp3) is 0.364. The van der Waals surface area contributed by atoms with E-state index < -0.39 is 12.6 Å². The van der Waals surface area contributed by atoms with Gasteiger partial charge in [0.05, 0.1) is 12.7 Å². The van der Waals surface area contributed by atoms with Crippen LogP contribution in [0.25, 0.3) is 0 Å². The Hall–Kier alpha value is -1.17. The van der Waals surface area contributed by atoms with Crippen LogP contribution in [0.15, 0.2) is 12.1 Å². The first-order valence-corrected chi connectivity index (χ1v) is 5.84. The third-order valence-corrected chi connectivity index (χ3v) is 2.78. The SMILES string of the molecule is COC(=O)c1cc(OC(F)F)c(CBr)cc1C. The molecule has 0 aliphatic heterocycles. The van der Waals surface area contributed by atoms with Crippen molar-refractivity contribution in [3.63, 3.8) is 0 Å². The van der Waals surface area contributed by atoms with Crippen molar-refractivity contribution >= 4 is 21.9 Å². The van der Waals surface area contributed by atoms with Crippen LogP contribution < -0.4 is 4.74 Å². The number of esters is 1. The van der Waals surface area contributed by atoms with E-state index in [9.17, 15) is 13.6 Å². The van der Waals surface area contributed by atoms with E-state index in [2.05, 4.69) is 25.4 Å². The molecule has 0 saturated carbocycles. The highest BCUT2D eigenvalue weighted by Gasteiger charge is 2.16. The molecule has 3 nitrogen and oxygen atoms in total. The minimum absolute atomic E-state index is 0.0251. The zero-order chi connectivity index (χ0) is 13.0. The van der Waals surface area contributed by atoms with Crippen LogP contribution in [0, 0.1) is 6.92 Å². The molecule has 6 heteroatoms. The monoisotopic (exact) mass is 308 g/mol. The Morgan fingerprint density at radius 2 is 2.12 bits per heavy atom. The molecule has 1 rings (SSSR count). The van der Waals surface area contributed by atoms with Crippen LogP contribution in [0.1, 0.15) is 21.5 Å². The van der Waals surface area contributed by atoms with Crippen molar-refractivity contribution in [2.45, 2.75) is 18.9 Å². The van der Waals surface area contributed by atoms with Gasteiger partial charge in [-0.3, -0.25) is 0 Å². The smallest absolute Gasteiger partial charge is 0.387 e. The third kappa shape index (κ3) is 3.39. The van der Waals surface area contributed by atoms with E-state index >= 15 is 0 Å². The maximum absolute atomic E-state index is 12.2. The summed E-state index contributed by atoms with van der Waals surface area (Å²) in [6.07, 6.45) is 0. The maximum atomic E-state index is 12.2. The maximum Gasteiger partial charge on any atom is 0.387 e. The summed E-state index contributed by atoms with van der Waals surface area (Å²) in [5.74, 6) is -0.606. The molecule has 1 aromatic carbocycles. The van der Waals surface area contributed by atoms with Crippen molar-refractivity contribution in [1.82, 2.24) is 0 Å². The predicted octanol–water partition coefficient (Wildman–Crippen LogP) is 3.28. The van der Waals surface area contributed by atoms with Crippen molar-refractivity contribution in [3.05, 3.63) is 28.8 Å². The average molecular weight is 309 g/mol. The molecule has 0 saturated heterocycles. The molecule has 0 heterocycles. The highest BCUT2D eigenvalue weighted by Crippen LogP contribution is 2.27. The van der Waals surface area contributed by atoms with Gasteiger partial charge in [0, 0.05) is 10.9 Å². The number of halogens is 3. The number of aryl methyl sites for hydroxylation is 1. The zero-order valence-electron chi connectivity index (χ0n) is 9.30. The fourth-order valence-electron chi connectivity index (χ4n) is 1.39. The minimum atomic E-state index is -2.93. The van der Waals surface area contributed by atoms with Crippen LogP contribution in [0.3, 0.4) is 0 Å². The van der Waals surface area contributed by atoms with E-state index in [1.54, 1.807) is 13.0 Å². The highest BCUT2D eigenvalue weighted by atomic mass is 79.9. The predicted molar refractivity (Wildman–Crippen MR) is 61.8 cm³/mol. The van der Waals surface area contributed by atoms with Crippen molar-refractivity contribution in [3.8, 4) is 5.75 Å². The van der Waals surface area contributed by atoms with Gasteiger partial charge in [0.2, 0.25) is 0 Å². The minimum Gasteiger partial charge on any atom is -0.465 e. The molecule has 0 aliphatic carbocycles. The van der Waals surface area contributed by atoms with Gasteiger partial charge in [0.1, 0.15) is 5.75 Å². The Balaban J connectivity index is 3.22. The number of alkyl halides is 3. The summed E-state index contributed by atoms with van der Waals surface area (Å²) in [6, 6.07) is 2.88. The Labute approximate surface area is 106 Å². The van der Waals surface area contributed by atoms with E-state index in [-0.39, 0.29) is 11.3 Å². The van der Waals surface area contributed by atoms with Gasteiger partial charge in [-0.15, -0.1) is 0 Å². The second-order valence-electron chi connectivity index (χ2n) is 3.28. The second-order valence-corrected chi connectivity index (χ2v) is 3.84. The molecular formula is C11H11BrF2O3. The van der Waals surface area contributed by atoms with Crippen LogP contribution >= 0.6 is 15.9 Å². The fourth-order valence-corrected chi connectivity index (χ4v) is 1.83. The molecule has 0 atom stereocenters. The molecule has 0 amide bonds. The lowest BCUT2D eigenvalue weighted by Crippen LogP contribution is -2.09. The molecule has 0 radical (unpaired) electrons. The van der Waals surface area contributed by atoms with E-state index in [1.807, 2.05) is 0 Å².